The molecule has 1 aromatic rings. The van der Waals surface area contributed by atoms with Crippen molar-refractivity contribution >= 4 is 15.9 Å². The van der Waals surface area contributed by atoms with E-state index in [1.807, 2.05) is 0 Å². The van der Waals surface area contributed by atoms with Crippen molar-refractivity contribution in [2.45, 2.75) is 27.2 Å². The summed E-state index contributed by atoms with van der Waals surface area (Å²) in [6, 6.07) is 6.56. The maximum absolute atomic E-state index is 3.58. The standard InChI is InChI=1S/C11H15Br/c1-8(2)6-10-5-4-9(3)7-11(10)12/h4-5,7-8H,6H2,1-3H3. The number of halogens is 1. The van der Waals surface area contributed by atoms with Crippen molar-refractivity contribution in [2.24, 2.45) is 5.92 Å². The van der Waals surface area contributed by atoms with E-state index in [4.69, 9.17) is 0 Å². The van der Waals surface area contributed by atoms with Crippen LogP contribution >= 0.6 is 15.9 Å². The van der Waals surface area contributed by atoms with E-state index >= 15 is 0 Å². The van der Waals surface area contributed by atoms with Gasteiger partial charge < -0.3 is 0 Å². The minimum Gasteiger partial charge on any atom is -0.0625 e. The van der Waals surface area contributed by atoms with Gasteiger partial charge in [0, 0.05) is 4.47 Å². The first-order valence-electron chi connectivity index (χ1n) is 4.34. The second-order valence-electron chi connectivity index (χ2n) is 3.69. The molecule has 1 aromatic carbocycles. The van der Waals surface area contributed by atoms with Crippen molar-refractivity contribution < 1.29 is 0 Å². The van der Waals surface area contributed by atoms with E-state index in [0.717, 1.165) is 12.3 Å². The van der Waals surface area contributed by atoms with Crippen LogP contribution in [0.3, 0.4) is 0 Å². The Morgan fingerprint density at radius 1 is 1.33 bits per heavy atom. The third-order valence-corrected chi connectivity index (χ3v) is 2.57. The lowest BCUT2D eigenvalue weighted by molar-refractivity contribution is 0.645. The first-order valence-corrected chi connectivity index (χ1v) is 5.14. The molecule has 0 bridgehead atoms. The van der Waals surface area contributed by atoms with Gasteiger partial charge in [-0.05, 0) is 36.5 Å². The first kappa shape index (κ1) is 9.79. The molecule has 66 valence electrons. The summed E-state index contributed by atoms with van der Waals surface area (Å²) in [5.74, 6) is 0.726. The zero-order chi connectivity index (χ0) is 9.14. The highest BCUT2D eigenvalue weighted by Gasteiger charge is 2.01. The minimum absolute atomic E-state index is 0.726. The van der Waals surface area contributed by atoms with Gasteiger partial charge in [-0.3, -0.25) is 0 Å². The zero-order valence-electron chi connectivity index (χ0n) is 7.89. The third-order valence-electron chi connectivity index (χ3n) is 1.84. The predicted octanol–water partition coefficient (Wildman–Crippen LogP) is 3.96. The van der Waals surface area contributed by atoms with Gasteiger partial charge in [0.25, 0.3) is 0 Å². The highest BCUT2D eigenvalue weighted by molar-refractivity contribution is 9.10. The van der Waals surface area contributed by atoms with Gasteiger partial charge in [0.1, 0.15) is 0 Å². The Morgan fingerprint density at radius 3 is 2.50 bits per heavy atom. The number of benzene rings is 1. The van der Waals surface area contributed by atoms with Gasteiger partial charge >= 0.3 is 0 Å². The van der Waals surface area contributed by atoms with E-state index in [1.165, 1.54) is 15.6 Å². The summed E-state index contributed by atoms with van der Waals surface area (Å²) in [6.07, 6.45) is 1.15. The van der Waals surface area contributed by atoms with Gasteiger partial charge in [-0.2, -0.15) is 0 Å². The molecule has 1 heteroatoms. The lowest BCUT2D eigenvalue weighted by atomic mass is 10.0. The summed E-state index contributed by atoms with van der Waals surface area (Å²) in [4.78, 5) is 0. The van der Waals surface area contributed by atoms with E-state index in [-0.39, 0.29) is 0 Å². The topological polar surface area (TPSA) is 0 Å². The number of hydrogen-bond acceptors (Lipinski definition) is 0. The number of hydrogen-bond donors (Lipinski definition) is 0. The molecule has 0 radical (unpaired) electrons. The monoisotopic (exact) mass is 226 g/mol. The summed E-state index contributed by atoms with van der Waals surface area (Å²) in [6.45, 7) is 6.60. The second kappa shape index (κ2) is 4.08. The van der Waals surface area contributed by atoms with Crippen LogP contribution in [0, 0.1) is 12.8 Å². The first-order chi connectivity index (χ1) is 5.59. The summed E-state index contributed by atoms with van der Waals surface area (Å²) in [7, 11) is 0. The molecular formula is C11H15Br. The molecule has 0 fully saturated rings. The van der Waals surface area contributed by atoms with Gasteiger partial charge in [0.05, 0.1) is 0 Å². The second-order valence-corrected chi connectivity index (χ2v) is 4.55. The zero-order valence-corrected chi connectivity index (χ0v) is 9.48. The van der Waals surface area contributed by atoms with E-state index in [0.29, 0.717) is 0 Å². The van der Waals surface area contributed by atoms with E-state index in [2.05, 4.69) is 54.9 Å². The van der Waals surface area contributed by atoms with Crippen molar-refractivity contribution in [3.05, 3.63) is 33.8 Å². The normalized spacial score (nSPS) is 10.8. The summed E-state index contributed by atoms with van der Waals surface area (Å²) in [5, 5.41) is 0. The Morgan fingerprint density at radius 2 is 2.00 bits per heavy atom. The van der Waals surface area contributed by atoms with E-state index in [9.17, 15) is 0 Å². The fourth-order valence-electron chi connectivity index (χ4n) is 1.26. The molecule has 0 aliphatic rings. The van der Waals surface area contributed by atoms with Crippen LogP contribution in [-0.2, 0) is 6.42 Å². The lowest BCUT2D eigenvalue weighted by Gasteiger charge is -2.07. The van der Waals surface area contributed by atoms with Crippen molar-refractivity contribution in [3.63, 3.8) is 0 Å². The van der Waals surface area contributed by atoms with Crippen LogP contribution < -0.4 is 0 Å². The predicted molar refractivity (Wildman–Crippen MR) is 57.4 cm³/mol. The molecule has 0 nitrogen and oxygen atoms in total. The highest BCUT2D eigenvalue weighted by atomic mass is 79.9. The fraction of sp³-hybridized carbons (Fsp3) is 0.455. The Kier molecular flexibility index (Phi) is 3.33. The van der Waals surface area contributed by atoms with Crippen molar-refractivity contribution in [2.75, 3.05) is 0 Å². The summed E-state index contributed by atoms with van der Waals surface area (Å²) >= 11 is 3.58. The molecule has 0 unspecified atom stereocenters. The molecule has 0 amide bonds. The van der Waals surface area contributed by atoms with Crippen molar-refractivity contribution in [1.29, 1.82) is 0 Å². The van der Waals surface area contributed by atoms with Crippen LogP contribution in [-0.4, -0.2) is 0 Å². The molecule has 0 aromatic heterocycles. The largest absolute Gasteiger partial charge is 0.0625 e. The van der Waals surface area contributed by atoms with Crippen LogP contribution in [0.25, 0.3) is 0 Å². The fourth-order valence-corrected chi connectivity index (χ4v) is 1.91. The van der Waals surface area contributed by atoms with E-state index in [1.54, 1.807) is 0 Å². The van der Waals surface area contributed by atoms with Crippen LogP contribution in [0.15, 0.2) is 22.7 Å². The number of aryl methyl sites for hydroxylation is 1. The SMILES string of the molecule is Cc1ccc(CC(C)C)c(Br)c1. The quantitative estimate of drug-likeness (QED) is 0.717. The van der Waals surface area contributed by atoms with Crippen LogP contribution in [0.5, 0.6) is 0 Å². The summed E-state index contributed by atoms with van der Waals surface area (Å²) < 4.78 is 1.25. The molecule has 0 aliphatic carbocycles. The molecule has 0 N–H and O–H groups in total. The highest BCUT2D eigenvalue weighted by Crippen LogP contribution is 2.20. The van der Waals surface area contributed by atoms with E-state index < -0.39 is 0 Å². The Balaban J connectivity index is 2.86. The van der Waals surface area contributed by atoms with Gasteiger partial charge in [-0.1, -0.05) is 41.9 Å². The molecule has 0 heterocycles. The molecule has 0 aliphatic heterocycles. The molecule has 0 spiro atoms. The lowest BCUT2D eigenvalue weighted by Crippen LogP contribution is -1.94. The number of rotatable bonds is 2. The van der Waals surface area contributed by atoms with Gasteiger partial charge in [0.2, 0.25) is 0 Å². The molecule has 12 heavy (non-hydrogen) atoms. The maximum atomic E-state index is 3.58. The summed E-state index contributed by atoms with van der Waals surface area (Å²) in [5.41, 5.74) is 2.73. The molecular weight excluding hydrogens is 212 g/mol. The average molecular weight is 227 g/mol. The van der Waals surface area contributed by atoms with Crippen LogP contribution in [0.2, 0.25) is 0 Å². The van der Waals surface area contributed by atoms with Crippen LogP contribution in [0.1, 0.15) is 25.0 Å². The molecule has 1 rings (SSSR count). The van der Waals surface area contributed by atoms with Crippen LogP contribution in [0.4, 0.5) is 0 Å². The molecule has 0 saturated carbocycles. The van der Waals surface area contributed by atoms with Gasteiger partial charge in [0.15, 0.2) is 0 Å². The Labute approximate surface area is 83.1 Å². The molecule has 0 atom stereocenters. The minimum atomic E-state index is 0.726. The smallest absolute Gasteiger partial charge is 0.0210 e. The maximum Gasteiger partial charge on any atom is 0.0210 e. The van der Waals surface area contributed by atoms with Crippen molar-refractivity contribution in [3.8, 4) is 0 Å². The Bertz CT molecular complexity index is 264. The van der Waals surface area contributed by atoms with Gasteiger partial charge in [-0.15, -0.1) is 0 Å². The van der Waals surface area contributed by atoms with Gasteiger partial charge in [-0.25, -0.2) is 0 Å². The average Bonchev–Trinajstić information content (AvgIpc) is 1.94. The van der Waals surface area contributed by atoms with Crippen molar-refractivity contribution in [1.82, 2.24) is 0 Å². The Hall–Kier alpha value is -0.300. The third kappa shape index (κ3) is 2.63. The molecule has 0 saturated heterocycles.